The molecule has 28 heavy (non-hydrogen) atoms. The van der Waals surface area contributed by atoms with Crippen molar-refractivity contribution in [1.82, 2.24) is 10.2 Å². The van der Waals surface area contributed by atoms with Crippen molar-refractivity contribution >= 4 is 11.8 Å². The van der Waals surface area contributed by atoms with Crippen molar-refractivity contribution in [2.24, 2.45) is 0 Å². The van der Waals surface area contributed by atoms with Crippen LogP contribution in [0.15, 0.2) is 24.3 Å². The van der Waals surface area contributed by atoms with Gasteiger partial charge in [0.1, 0.15) is 11.3 Å². The number of ether oxygens (including phenoxy) is 1. The molecule has 0 bridgehead atoms. The summed E-state index contributed by atoms with van der Waals surface area (Å²) in [5.74, 6) is 0.826. The molecule has 1 heterocycles. The molecule has 3 rings (SSSR count). The van der Waals surface area contributed by atoms with Crippen LogP contribution < -0.4 is 10.1 Å². The fourth-order valence-electron chi connectivity index (χ4n) is 4.44. The summed E-state index contributed by atoms with van der Waals surface area (Å²) in [5, 5.41) is 3.28. The van der Waals surface area contributed by atoms with Gasteiger partial charge in [-0.2, -0.15) is 0 Å². The van der Waals surface area contributed by atoms with Gasteiger partial charge in [-0.15, -0.1) is 0 Å². The number of rotatable bonds is 6. The van der Waals surface area contributed by atoms with Crippen molar-refractivity contribution in [1.29, 1.82) is 0 Å². The van der Waals surface area contributed by atoms with Gasteiger partial charge >= 0.3 is 0 Å². The molecule has 1 aromatic carbocycles. The van der Waals surface area contributed by atoms with Crippen molar-refractivity contribution in [2.75, 3.05) is 6.61 Å². The number of benzene rings is 1. The maximum Gasteiger partial charge on any atom is 0.245 e. The van der Waals surface area contributed by atoms with E-state index in [1.165, 1.54) is 32.1 Å². The van der Waals surface area contributed by atoms with E-state index in [4.69, 9.17) is 4.74 Å². The Balaban J connectivity index is 1.73. The minimum absolute atomic E-state index is 0.00202. The van der Waals surface area contributed by atoms with Crippen molar-refractivity contribution in [3.05, 3.63) is 29.8 Å². The van der Waals surface area contributed by atoms with Crippen LogP contribution in [0.5, 0.6) is 5.75 Å². The van der Waals surface area contributed by atoms with E-state index in [0.29, 0.717) is 26.0 Å². The highest BCUT2D eigenvalue weighted by atomic mass is 16.5. The molecule has 2 aliphatic rings. The van der Waals surface area contributed by atoms with Crippen LogP contribution >= 0.6 is 0 Å². The SMILES string of the molecule is CCOc1ccccc1CN1C(=O)CC[C@@]1(C)C(=O)NC1CCCCCCC1. The number of nitrogens with one attached hydrogen (secondary N) is 1. The van der Waals surface area contributed by atoms with E-state index in [1.54, 1.807) is 4.90 Å². The molecular weight excluding hydrogens is 352 g/mol. The second-order valence-corrected chi connectivity index (χ2v) is 8.31. The zero-order valence-corrected chi connectivity index (χ0v) is 17.3. The third-order valence-electron chi connectivity index (χ3n) is 6.25. The Bertz CT molecular complexity index is 682. The molecule has 1 atom stereocenters. The molecule has 1 saturated carbocycles. The Morgan fingerprint density at radius 3 is 2.57 bits per heavy atom. The van der Waals surface area contributed by atoms with Gasteiger partial charge in [0.25, 0.3) is 0 Å². The lowest BCUT2D eigenvalue weighted by molar-refractivity contribution is -0.141. The number of carbonyl (C=O) groups excluding carboxylic acids is 2. The summed E-state index contributed by atoms with van der Waals surface area (Å²) < 4.78 is 5.72. The fourth-order valence-corrected chi connectivity index (χ4v) is 4.44. The fraction of sp³-hybridized carbons (Fsp3) is 0.652. The number of likely N-dealkylation sites (tertiary alicyclic amines) is 1. The summed E-state index contributed by atoms with van der Waals surface area (Å²) in [6.07, 6.45) is 9.24. The first-order chi connectivity index (χ1) is 13.5. The topological polar surface area (TPSA) is 58.6 Å². The van der Waals surface area contributed by atoms with E-state index in [0.717, 1.165) is 24.2 Å². The van der Waals surface area contributed by atoms with Gasteiger partial charge in [-0.25, -0.2) is 0 Å². The summed E-state index contributed by atoms with van der Waals surface area (Å²) in [6, 6.07) is 8.01. The Labute approximate surface area is 168 Å². The monoisotopic (exact) mass is 386 g/mol. The Morgan fingerprint density at radius 2 is 1.86 bits per heavy atom. The predicted molar refractivity (Wildman–Crippen MR) is 110 cm³/mol. The first kappa shape index (κ1) is 20.7. The second-order valence-electron chi connectivity index (χ2n) is 8.31. The molecule has 5 nitrogen and oxygen atoms in total. The molecule has 5 heteroatoms. The molecule has 0 radical (unpaired) electrons. The zero-order chi connectivity index (χ0) is 20.0. The minimum Gasteiger partial charge on any atom is -0.494 e. The molecule has 154 valence electrons. The lowest BCUT2D eigenvalue weighted by Crippen LogP contribution is -2.56. The third kappa shape index (κ3) is 4.68. The lowest BCUT2D eigenvalue weighted by Gasteiger charge is -2.36. The highest BCUT2D eigenvalue weighted by Gasteiger charge is 2.47. The summed E-state index contributed by atoms with van der Waals surface area (Å²) in [4.78, 5) is 27.7. The molecule has 1 N–H and O–H groups in total. The number of carbonyl (C=O) groups is 2. The first-order valence-electron chi connectivity index (χ1n) is 10.9. The van der Waals surface area contributed by atoms with Crippen LogP contribution in [0, 0.1) is 0 Å². The molecule has 1 aromatic rings. The summed E-state index contributed by atoms with van der Waals surface area (Å²) >= 11 is 0. The minimum atomic E-state index is -0.793. The predicted octanol–water partition coefficient (Wildman–Crippen LogP) is 4.20. The zero-order valence-electron chi connectivity index (χ0n) is 17.3. The Morgan fingerprint density at radius 1 is 1.18 bits per heavy atom. The van der Waals surface area contributed by atoms with Crippen LogP contribution in [-0.2, 0) is 16.1 Å². The van der Waals surface area contributed by atoms with E-state index in [2.05, 4.69) is 5.32 Å². The van der Waals surface area contributed by atoms with Crippen molar-refractivity contribution in [3.8, 4) is 5.75 Å². The average Bonchev–Trinajstić information content (AvgIpc) is 2.95. The first-order valence-corrected chi connectivity index (χ1v) is 10.9. The van der Waals surface area contributed by atoms with Gasteiger partial charge in [0, 0.05) is 18.0 Å². The lowest BCUT2D eigenvalue weighted by atomic mass is 9.93. The average molecular weight is 387 g/mol. The second kappa shape index (κ2) is 9.44. The van der Waals surface area contributed by atoms with Gasteiger partial charge in [0.05, 0.1) is 13.2 Å². The molecule has 1 aliphatic carbocycles. The molecule has 0 spiro atoms. The molecule has 1 saturated heterocycles. The smallest absolute Gasteiger partial charge is 0.245 e. The van der Waals surface area contributed by atoms with Crippen LogP contribution in [0.1, 0.15) is 77.2 Å². The number of para-hydroxylation sites is 1. The van der Waals surface area contributed by atoms with E-state index >= 15 is 0 Å². The van der Waals surface area contributed by atoms with E-state index < -0.39 is 5.54 Å². The molecule has 1 aliphatic heterocycles. The highest BCUT2D eigenvalue weighted by Crippen LogP contribution is 2.34. The van der Waals surface area contributed by atoms with Crippen LogP contribution in [0.25, 0.3) is 0 Å². The number of hydrogen-bond donors (Lipinski definition) is 1. The van der Waals surface area contributed by atoms with Crippen LogP contribution in [-0.4, -0.2) is 34.9 Å². The number of hydrogen-bond acceptors (Lipinski definition) is 3. The van der Waals surface area contributed by atoms with Crippen molar-refractivity contribution < 1.29 is 14.3 Å². The van der Waals surface area contributed by atoms with E-state index in [-0.39, 0.29) is 17.9 Å². The molecular formula is C23H34N2O3. The number of amides is 2. The summed E-state index contributed by atoms with van der Waals surface area (Å²) in [7, 11) is 0. The third-order valence-corrected chi connectivity index (χ3v) is 6.25. The van der Waals surface area contributed by atoms with E-state index in [1.807, 2.05) is 38.1 Å². The van der Waals surface area contributed by atoms with Crippen LogP contribution in [0.4, 0.5) is 0 Å². The summed E-state index contributed by atoms with van der Waals surface area (Å²) in [5.41, 5.74) is 0.156. The van der Waals surface area contributed by atoms with Gasteiger partial charge in [-0.05, 0) is 39.2 Å². The molecule has 0 unspecified atom stereocenters. The standard InChI is InChI=1S/C23H34N2O3/c1-3-28-20-14-10-9-11-18(20)17-25-21(26)15-16-23(25,2)22(27)24-19-12-7-5-4-6-8-13-19/h9-11,14,19H,3-8,12-13,15-17H2,1-2H3,(H,24,27)/t23-/m0/s1. The molecule has 2 amide bonds. The maximum atomic E-state index is 13.3. The largest absolute Gasteiger partial charge is 0.494 e. The quantitative estimate of drug-likeness (QED) is 0.797. The van der Waals surface area contributed by atoms with Gasteiger partial charge in [0.15, 0.2) is 0 Å². The summed E-state index contributed by atoms with van der Waals surface area (Å²) in [6.45, 7) is 4.85. The van der Waals surface area contributed by atoms with Gasteiger partial charge < -0.3 is 15.0 Å². The Hall–Kier alpha value is -2.04. The van der Waals surface area contributed by atoms with Crippen LogP contribution in [0.3, 0.4) is 0 Å². The normalized spacial score (nSPS) is 23.9. The number of nitrogens with zero attached hydrogens (tertiary/aromatic N) is 1. The molecule has 2 fully saturated rings. The van der Waals surface area contributed by atoms with Crippen LogP contribution in [0.2, 0.25) is 0 Å². The van der Waals surface area contributed by atoms with Crippen molar-refractivity contribution in [2.45, 2.75) is 89.8 Å². The van der Waals surface area contributed by atoms with E-state index in [9.17, 15) is 9.59 Å². The van der Waals surface area contributed by atoms with Gasteiger partial charge in [-0.1, -0.05) is 50.3 Å². The molecule has 0 aromatic heterocycles. The van der Waals surface area contributed by atoms with Gasteiger partial charge in [0.2, 0.25) is 11.8 Å². The van der Waals surface area contributed by atoms with Crippen molar-refractivity contribution in [3.63, 3.8) is 0 Å². The maximum absolute atomic E-state index is 13.3. The Kier molecular flexibility index (Phi) is 6.97. The highest BCUT2D eigenvalue weighted by molar-refractivity contribution is 5.94. The van der Waals surface area contributed by atoms with Gasteiger partial charge in [-0.3, -0.25) is 9.59 Å².